The smallest absolute Gasteiger partial charge is 0 e. The Morgan fingerprint density at radius 1 is 0.429 bits per heavy atom. The van der Waals surface area contributed by atoms with E-state index in [1.54, 1.807) is 0 Å². The standard InChI is InChI=1S/5CH4.Au.ClH/h5*1H4;;1H. The Morgan fingerprint density at radius 2 is 0.429 bits per heavy atom. The molecule has 0 heterocycles. The summed E-state index contributed by atoms with van der Waals surface area (Å²) in [5.74, 6) is 0. The fourth-order valence-corrected chi connectivity index (χ4v) is 0. The zero-order valence-corrected chi connectivity index (χ0v) is 3.69. The van der Waals surface area contributed by atoms with Gasteiger partial charge >= 0.3 is 0 Å². The zero-order chi connectivity index (χ0) is 0. The molecule has 0 aliphatic rings. The number of rotatable bonds is 0. The first-order chi connectivity index (χ1) is 0. The van der Waals surface area contributed by atoms with Crippen LogP contribution < -0.4 is 0 Å². The quantitative estimate of drug-likeness (QED) is 0.599. The maximum atomic E-state index is 0. The van der Waals surface area contributed by atoms with Crippen LogP contribution >= 0.6 is 12.4 Å². The van der Waals surface area contributed by atoms with Gasteiger partial charge in [0, 0.05) is 22.4 Å². The van der Waals surface area contributed by atoms with E-state index in [4.69, 9.17) is 0 Å². The van der Waals surface area contributed by atoms with Crippen LogP contribution in [0.5, 0.6) is 0 Å². The average molecular weight is 314 g/mol. The second-order valence-electron chi connectivity index (χ2n) is 0. The molecule has 0 aromatic heterocycles. The summed E-state index contributed by atoms with van der Waals surface area (Å²) in [7, 11) is 0. The molecule has 0 amide bonds. The Bertz CT molecular complexity index is 8.04. The summed E-state index contributed by atoms with van der Waals surface area (Å²) < 4.78 is 0. The minimum atomic E-state index is 0. The first-order valence-electron chi connectivity index (χ1n) is 0. The van der Waals surface area contributed by atoms with Crippen molar-refractivity contribution in [3.05, 3.63) is 0 Å². The predicted molar refractivity (Wildman–Crippen MR) is 40.9 cm³/mol. The molecule has 59 valence electrons. The molecule has 7 heavy (non-hydrogen) atoms. The monoisotopic (exact) mass is 313 g/mol. The van der Waals surface area contributed by atoms with Crippen LogP contribution in [0.25, 0.3) is 0 Å². The summed E-state index contributed by atoms with van der Waals surface area (Å²) in [5.41, 5.74) is 0. The third kappa shape index (κ3) is 168. The summed E-state index contributed by atoms with van der Waals surface area (Å²) in [4.78, 5) is 0. The molecule has 0 aliphatic heterocycles. The van der Waals surface area contributed by atoms with Gasteiger partial charge in [0.15, 0.2) is 0 Å². The molecule has 0 bridgehead atoms. The van der Waals surface area contributed by atoms with Gasteiger partial charge in [0.05, 0.1) is 0 Å². The van der Waals surface area contributed by atoms with Crippen molar-refractivity contribution in [3.8, 4) is 0 Å². The van der Waals surface area contributed by atoms with Crippen molar-refractivity contribution >= 4 is 12.4 Å². The molecular weight excluding hydrogens is 292 g/mol. The normalized spacial score (nSPS) is 0. The first kappa shape index (κ1) is 374. The van der Waals surface area contributed by atoms with Crippen LogP contribution in [0.1, 0.15) is 37.1 Å². The van der Waals surface area contributed by atoms with Crippen molar-refractivity contribution in [2.24, 2.45) is 0 Å². The topological polar surface area (TPSA) is 0 Å². The van der Waals surface area contributed by atoms with Crippen molar-refractivity contribution in [2.45, 2.75) is 37.1 Å². The van der Waals surface area contributed by atoms with Crippen molar-refractivity contribution < 1.29 is 22.4 Å². The van der Waals surface area contributed by atoms with E-state index >= 15 is 0 Å². The second-order valence-corrected chi connectivity index (χ2v) is 0. The third-order valence-corrected chi connectivity index (χ3v) is 0. The summed E-state index contributed by atoms with van der Waals surface area (Å²) in [6.45, 7) is 0. The minimum absolute atomic E-state index is 0. The molecule has 1 radical (unpaired) electrons. The Kier molecular flexibility index (Phi) is 12900. The maximum absolute atomic E-state index is 0. The molecule has 0 saturated heterocycles. The maximum Gasteiger partial charge on any atom is 0 e. The third-order valence-electron chi connectivity index (χ3n) is 0. The van der Waals surface area contributed by atoms with Crippen LogP contribution in [0.15, 0.2) is 0 Å². The van der Waals surface area contributed by atoms with E-state index in [1.165, 1.54) is 0 Å². The van der Waals surface area contributed by atoms with Crippen molar-refractivity contribution in [2.75, 3.05) is 0 Å². The van der Waals surface area contributed by atoms with Crippen LogP contribution in [0.2, 0.25) is 0 Å². The van der Waals surface area contributed by atoms with E-state index in [9.17, 15) is 0 Å². The Morgan fingerprint density at radius 3 is 0.429 bits per heavy atom. The predicted octanol–water partition coefficient (Wildman–Crippen LogP) is 3.60. The van der Waals surface area contributed by atoms with Crippen LogP contribution in [0.4, 0.5) is 0 Å². The fraction of sp³-hybridized carbons (Fsp3) is 1.00. The van der Waals surface area contributed by atoms with Crippen LogP contribution in [0, 0.1) is 0 Å². The van der Waals surface area contributed by atoms with Gasteiger partial charge in [-0.1, -0.05) is 37.1 Å². The van der Waals surface area contributed by atoms with Gasteiger partial charge in [0.2, 0.25) is 0 Å². The van der Waals surface area contributed by atoms with Gasteiger partial charge < -0.3 is 0 Å². The summed E-state index contributed by atoms with van der Waals surface area (Å²) in [6, 6.07) is 0. The number of hydrogen-bond donors (Lipinski definition) is 0. The average Bonchev–Trinajstić information content (AvgIpc) is 0. The number of hydrogen-bond acceptors (Lipinski definition) is 0. The van der Waals surface area contributed by atoms with Crippen molar-refractivity contribution in [3.63, 3.8) is 0 Å². The SMILES string of the molecule is C.C.C.C.C.Cl.[Au]. The molecule has 0 N–H and O–H groups in total. The van der Waals surface area contributed by atoms with Gasteiger partial charge in [-0.15, -0.1) is 12.4 Å². The minimum Gasteiger partial charge on any atom is -0.147 e. The van der Waals surface area contributed by atoms with Gasteiger partial charge in [-0.25, -0.2) is 0 Å². The molecule has 0 aromatic rings. The van der Waals surface area contributed by atoms with E-state index in [2.05, 4.69) is 0 Å². The van der Waals surface area contributed by atoms with Crippen molar-refractivity contribution in [1.29, 1.82) is 0 Å². The molecule has 0 aliphatic carbocycles. The van der Waals surface area contributed by atoms with Gasteiger partial charge in [-0.2, -0.15) is 0 Å². The molecule has 0 atom stereocenters. The van der Waals surface area contributed by atoms with Gasteiger partial charge in [0.25, 0.3) is 0 Å². The molecule has 0 aromatic carbocycles. The van der Waals surface area contributed by atoms with E-state index in [0.717, 1.165) is 0 Å². The Hall–Kier alpha value is 1.03. The van der Waals surface area contributed by atoms with Gasteiger partial charge in [0.1, 0.15) is 0 Å². The summed E-state index contributed by atoms with van der Waals surface area (Å²) in [5, 5.41) is 0. The van der Waals surface area contributed by atoms with Crippen LogP contribution in [-0.4, -0.2) is 0 Å². The van der Waals surface area contributed by atoms with Crippen molar-refractivity contribution in [1.82, 2.24) is 0 Å². The van der Waals surface area contributed by atoms with Gasteiger partial charge in [-0.3, -0.25) is 0 Å². The fourth-order valence-electron chi connectivity index (χ4n) is 0. The molecule has 0 nitrogen and oxygen atoms in total. The molecule has 0 spiro atoms. The molecule has 0 fully saturated rings. The Balaban J connectivity index is 0. The van der Waals surface area contributed by atoms with Crippen LogP contribution in [-0.2, 0) is 22.4 Å². The van der Waals surface area contributed by atoms with Gasteiger partial charge in [-0.05, 0) is 0 Å². The van der Waals surface area contributed by atoms with E-state index in [0.29, 0.717) is 0 Å². The van der Waals surface area contributed by atoms with Crippen LogP contribution in [0.3, 0.4) is 0 Å². The molecule has 0 rings (SSSR count). The van der Waals surface area contributed by atoms with E-state index in [-0.39, 0.29) is 71.9 Å². The largest absolute Gasteiger partial charge is 0.147 e. The van der Waals surface area contributed by atoms with E-state index < -0.39 is 0 Å². The molecule has 2 heteroatoms. The molecular formula is C5H21AuCl. The first-order valence-corrected chi connectivity index (χ1v) is 0. The molecule has 0 saturated carbocycles. The second kappa shape index (κ2) is 241. The molecule has 0 unspecified atom stereocenters. The Labute approximate surface area is 72.0 Å². The zero-order valence-electron chi connectivity index (χ0n) is 0.710. The number of halogens is 1. The summed E-state index contributed by atoms with van der Waals surface area (Å²) in [6.07, 6.45) is 0. The summed E-state index contributed by atoms with van der Waals surface area (Å²) >= 11 is 0. The van der Waals surface area contributed by atoms with E-state index in [1.807, 2.05) is 0 Å².